The van der Waals surface area contributed by atoms with Crippen LogP contribution < -0.4 is 15.4 Å². The minimum atomic E-state index is -3.37. The third-order valence-electron chi connectivity index (χ3n) is 2.91. The van der Waals surface area contributed by atoms with E-state index in [2.05, 4.69) is 15.4 Å². The van der Waals surface area contributed by atoms with Crippen LogP contribution in [0.1, 0.15) is 12.8 Å². The monoisotopic (exact) mass is 333 g/mol. The molecule has 6 nitrogen and oxygen atoms in total. The Balaban J connectivity index is 0.00000220. The molecule has 3 N–H and O–H groups in total. The molecule has 1 fully saturated rings. The third-order valence-corrected chi connectivity index (χ3v) is 3.50. The van der Waals surface area contributed by atoms with Crippen molar-refractivity contribution in [1.29, 1.82) is 0 Å². The summed E-state index contributed by atoms with van der Waals surface area (Å²) in [6.45, 7) is 1.08. The Bertz CT molecular complexity index is 588. The van der Waals surface area contributed by atoms with Gasteiger partial charge < -0.3 is 10.6 Å². The zero-order valence-corrected chi connectivity index (χ0v) is 13.4. The first-order chi connectivity index (χ1) is 9.44. The fraction of sp³-hybridized carbons (Fsp3) is 0.462. The highest BCUT2D eigenvalue weighted by molar-refractivity contribution is 7.92. The summed E-state index contributed by atoms with van der Waals surface area (Å²) in [6.07, 6.45) is 3.54. The number of carbonyl (C=O) groups excluding carboxylic acids is 1. The van der Waals surface area contributed by atoms with Gasteiger partial charge in [-0.1, -0.05) is 12.1 Å². The maximum absolute atomic E-state index is 11.8. The standard InChI is InChI=1S/C13H19N3O3S.ClH/c1-20(18,19)16-12-5-3-2-4-11(12)15-13(17)9-14-8-10-6-7-10;/h2-5,10,14,16H,6-9H2,1H3,(H,15,17);1H. The molecule has 0 aromatic heterocycles. The highest BCUT2D eigenvalue weighted by Crippen LogP contribution is 2.27. The van der Waals surface area contributed by atoms with Gasteiger partial charge in [0.05, 0.1) is 24.2 Å². The maximum Gasteiger partial charge on any atom is 0.238 e. The SMILES string of the molecule is CS(=O)(=O)Nc1ccccc1NC(=O)CNCC1CC1.Cl. The number of rotatable bonds is 7. The third kappa shape index (κ3) is 6.79. The van der Waals surface area contributed by atoms with Crippen molar-refractivity contribution in [3.05, 3.63) is 24.3 Å². The fourth-order valence-corrected chi connectivity index (χ4v) is 2.36. The molecule has 1 saturated carbocycles. The minimum absolute atomic E-state index is 0. The summed E-state index contributed by atoms with van der Waals surface area (Å²) >= 11 is 0. The highest BCUT2D eigenvalue weighted by atomic mass is 35.5. The van der Waals surface area contributed by atoms with Crippen molar-refractivity contribution in [2.45, 2.75) is 12.8 Å². The number of amides is 1. The molecule has 0 atom stereocenters. The molecule has 1 aliphatic carbocycles. The second kappa shape index (κ2) is 7.63. The number of sulfonamides is 1. The van der Waals surface area contributed by atoms with Gasteiger partial charge in [-0.2, -0.15) is 0 Å². The normalized spacial score (nSPS) is 14.1. The number of anilines is 2. The van der Waals surface area contributed by atoms with Crippen LogP contribution in [0.3, 0.4) is 0 Å². The van der Waals surface area contributed by atoms with Crippen LogP contribution in [0.5, 0.6) is 0 Å². The lowest BCUT2D eigenvalue weighted by molar-refractivity contribution is -0.115. The Morgan fingerprint density at radius 2 is 1.86 bits per heavy atom. The van der Waals surface area contributed by atoms with Crippen LogP contribution in [-0.4, -0.2) is 33.7 Å². The lowest BCUT2D eigenvalue weighted by atomic mass is 10.2. The van der Waals surface area contributed by atoms with Crippen molar-refractivity contribution in [2.24, 2.45) is 5.92 Å². The van der Waals surface area contributed by atoms with E-state index >= 15 is 0 Å². The molecule has 0 unspecified atom stereocenters. The zero-order valence-electron chi connectivity index (χ0n) is 11.8. The molecule has 118 valence electrons. The minimum Gasteiger partial charge on any atom is -0.323 e. The maximum atomic E-state index is 11.8. The average Bonchev–Trinajstić information content (AvgIpc) is 3.14. The molecule has 1 amide bonds. The average molecular weight is 334 g/mol. The van der Waals surface area contributed by atoms with E-state index in [0.29, 0.717) is 17.3 Å². The topological polar surface area (TPSA) is 87.3 Å². The highest BCUT2D eigenvalue weighted by Gasteiger charge is 2.20. The second-order valence-corrected chi connectivity index (χ2v) is 6.79. The fourth-order valence-electron chi connectivity index (χ4n) is 1.79. The van der Waals surface area contributed by atoms with Gasteiger partial charge in [-0.05, 0) is 37.4 Å². The number of para-hydroxylation sites is 2. The number of carbonyl (C=O) groups is 1. The molecule has 0 spiro atoms. The Hall–Kier alpha value is -1.31. The van der Waals surface area contributed by atoms with Crippen LogP contribution in [-0.2, 0) is 14.8 Å². The van der Waals surface area contributed by atoms with E-state index in [-0.39, 0.29) is 24.9 Å². The lowest BCUT2D eigenvalue weighted by Gasteiger charge is -2.12. The molecule has 1 aromatic carbocycles. The van der Waals surface area contributed by atoms with Gasteiger partial charge in [-0.25, -0.2) is 8.42 Å². The Labute approximate surface area is 131 Å². The van der Waals surface area contributed by atoms with E-state index in [0.717, 1.165) is 12.8 Å². The van der Waals surface area contributed by atoms with E-state index < -0.39 is 10.0 Å². The van der Waals surface area contributed by atoms with Gasteiger partial charge in [-0.3, -0.25) is 9.52 Å². The molecule has 0 bridgehead atoms. The van der Waals surface area contributed by atoms with Gasteiger partial charge in [0.15, 0.2) is 0 Å². The van der Waals surface area contributed by atoms with Crippen LogP contribution in [0.15, 0.2) is 24.3 Å². The molecular formula is C13H20ClN3O3S. The number of benzene rings is 1. The molecule has 1 aliphatic rings. The summed E-state index contributed by atoms with van der Waals surface area (Å²) < 4.78 is 24.9. The van der Waals surface area contributed by atoms with Crippen LogP contribution in [0.25, 0.3) is 0 Å². The van der Waals surface area contributed by atoms with E-state index in [4.69, 9.17) is 0 Å². The van der Waals surface area contributed by atoms with Crippen molar-refractivity contribution >= 4 is 39.7 Å². The summed E-state index contributed by atoms with van der Waals surface area (Å²) in [7, 11) is -3.37. The molecule has 1 aromatic rings. The van der Waals surface area contributed by atoms with E-state index in [1.165, 1.54) is 12.8 Å². The summed E-state index contributed by atoms with van der Waals surface area (Å²) in [6, 6.07) is 6.70. The first-order valence-corrected chi connectivity index (χ1v) is 8.40. The Morgan fingerprint density at radius 1 is 1.24 bits per heavy atom. The van der Waals surface area contributed by atoms with Crippen LogP contribution in [0.4, 0.5) is 11.4 Å². The summed E-state index contributed by atoms with van der Waals surface area (Å²) in [5.74, 6) is 0.524. The molecule has 8 heteroatoms. The molecule has 0 heterocycles. The largest absolute Gasteiger partial charge is 0.323 e. The van der Waals surface area contributed by atoms with E-state index in [9.17, 15) is 13.2 Å². The number of nitrogens with one attached hydrogen (secondary N) is 3. The number of hydrogen-bond acceptors (Lipinski definition) is 4. The second-order valence-electron chi connectivity index (χ2n) is 5.04. The lowest BCUT2D eigenvalue weighted by Crippen LogP contribution is -2.29. The molecule has 0 aliphatic heterocycles. The molecular weight excluding hydrogens is 314 g/mol. The van der Waals surface area contributed by atoms with Crippen molar-refractivity contribution in [2.75, 3.05) is 29.4 Å². The molecule has 0 saturated heterocycles. The Morgan fingerprint density at radius 3 is 2.43 bits per heavy atom. The van der Waals surface area contributed by atoms with Crippen molar-refractivity contribution in [1.82, 2.24) is 5.32 Å². The molecule has 21 heavy (non-hydrogen) atoms. The van der Waals surface area contributed by atoms with Gasteiger partial charge in [0, 0.05) is 0 Å². The first kappa shape index (κ1) is 17.7. The van der Waals surface area contributed by atoms with Crippen LogP contribution >= 0.6 is 12.4 Å². The van der Waals surface area contributed by atoms with Gasteiger partial charge in [0.2, 0.25) is 15.9 Å². The van der Waals surface area contributed by atoms with E-state index in [1.54, 1.807) is 24.3 Å². The smallest absolute Gasteiger partial charge is 0.238 e. The van der Waals surface area contributed by atoms with E-state index in [1.807, 2.05) is 0 Å². The van der Waals surface area contributed by atoms with Gasteiger partial charge in [0.1, 0.15) is 0 Å². The predicted molar refractivity (Wildman–Crippen MR) is 86.4 cm³/mol. The van der Waals surface area contributed by atoms with Crippen molar-refractivity contribution in [3.63, 3.8) is 0 Å². The van der Waals surface area contributed by atoms with Gasteiger partial charge in [0.25, 0.3) is 0 Å². The number of hydrogen-bond donors (Lipinski definition) is 3. The van der Waals surface area contributed by atoms with Gasteiger partial charge >= 0.3 is 0 Å². The quantitative estimate of drug-likeness (QED) is 0.704. The summed E-state index contributed by atoms with van der Waals surface area (Å²) in [5.41, 5.74) is 0.821. The molecule has 0 radical (unpaired) electrons. The van der Waals surface area contributed by atoms with Crippen LogP contribution in [0.2, 0.25) is 0 Å². The molecule has 2 rings (SSSR count). The van der Waals surface area contributed by atoms with Crippen molar-refractivity contribution < 1.29 is 13.2 Å². The number of halogens is 1. The summed E-state index contributed by atoms with van der Waals surface area (Å²) in [4.78, 5) is 11.8. The van der Waals surface area contributed by atoms with Crippen molar-refractivity contribution in [3.8, 4) is 0 Å². The Kier molecular flexibility index (Phi) is 6.44. The first-order valence-electron chi connectivity index (χ1n) is 6.51. The predicted octanol–water partition coefficient (Wildman–Crippen LogP) is 1.42. The van der Waals surface area contributed by atoms with Gasteiger partial charge in [-0.15, -0.1) is 12.4 Å². The zero-order chi connectivity index (χ0) is 14.6. The van der Waals surface area contributed by atoms with Crippen LogP contribution in [0, 0.1) is 5.92 Å². The summed E-state index contributed by atoms with van der Waals surface area (Å²) in [5, 5.41) is 5.78.